The van der Waals surface area contributed by atoms with E-state index >= 15 is 0 Å². The van der Waals surface area contributed by atoms with E-state index < -0.39 is 0 Å². The molecule has 0 saturated heterocycles. The number of nitrogens with zero attached hydrogens (tertiary/aromatic N) is 1. The lowest BCUT2D eigenvalue weighted by Gasteiger charge is -2.06. The molecule has 0 aliphatic rings. The van der Waals surface area contributed by atoms with Gasteiger partial charge in [0.15, 0.2) is 0 Å². The Kier molecular flexibility index (Phi) is 4.80. The van der Waals surface area contributed by atoms with Crippen LogP contribution < -0.4 is 11.1 Å². The number of benzene rings is 1. The van der Waals surface area contributed by atoms with E-state index in [0.717, 1.165) is 4.47 Å². The summed E-state index contributed by atoms with van der Waals surface area (Å²) in [6, 6.07) is 7.15. The number of nitrogens with two attached hydrogens (primary N) is 1. The number of unbranched alkanes of at least 4 members (excludes halogenated alkanes) is 1. The Bertz CT molecular complexity index is 426. The monoisotopic (exact) mass is 281 g/mol. The van der Waals surface area contributed by atoms with Crippen LogP contribution in [0.1, 0.15) is 23.2 Å². The number of rotatable bonds is 4. The number of anilines is 1. The van der Waals surface area contributed by atoms with Gasteiger partial charge in [0.2, 0.25) is 0 Å². The normalized spacial score (nSPS) is 9.50. The summed E-state index contributed by atoms with van der Waals surface area (Å²) in [4.78, 5) is 11.7. The highest BCUT2D eigenvalue weighted by Gasteiger charge is 2.09. The van der Waals surface area contributed by atoms with Crippen LogP contribution in [0.25, 0.3) is 0 Å². The first-order valence-corrected chi connectivity index (χ1v) is 5.64. The minimum absolute atomic E-state index is 0.211. The predicted molar refractivity (Wildman–Crippen MR) is 65.7 cm³/mol. The highest BCUT2D eigenvalue weighted by Crippen LogP contribution is 2.18. The van der Waals surface area contributed by atoms with Gasteiger partial charge in [-0.3, -0.25) is 4.79 Å². The van der Waals surface area contributed by atoms with E-state index in [-0.39, 0.29) is 5.91 Å². The molecule has 0 aliphatic heterocycles. The summed E-state index contributed by atoms with van der Waals surface area (Å²) in [6.45, 7) is 0.484. The Morgan fingerprint density at radius 1 is 1.56 bits per heavy atom. The second-order valence-corrected chi connectivity index (χ2v) is 4.16. The van der Waals surface area contributed by atoms with Crippen LogP contribution in [0.15, 0.2) is 22.7 Å². The fourth-order valence-electron chi connectivity index (χ4n) is 1.19. The summed E-state index contributed by atoms with van der Waals surface area (Å²) in [6.07, 6.45) is 1.09. The molecular formula is C11H12BrN3O. The van der Waals surface area contributed by atoms with Crippen LogP contribution in [0.3, 0.4) is 0 Å². The van der Waals surface area contributed by atoms with E-state index in [1.165, 1.54) is 0 Å². The second kappa shape index (κ2) is 6.13. The fourth-order valence-corrected chi connectivity index (χ4v) is 1.55. The lowest BCUT2D eigenvalue weighted by atomic mass is 10.1. The topological polar surface area (TPSA) is 78.9 Å². The average molecular weight is 282 g/mol. The molecule has 1 rings (SSSR count). The van der Waals surface area contributed by atoms with Crippen molar-refractivity contribution in [2.75, 3.05) is 12.3 Å². The Balaban J connectivity index is 2.59. The molecule has 1 amide bonds. The van der Waals surface area contributed by atoms with Crippen molar-refractivity contribution in [2.24, 2.45) is 0 Å². The van der Waals surface area contributed by atoms with Gasteiger partial charge in [0, 0.05) is 23.1 Å². The molecular weight excluding hydrogens is 270 g/mol. The molecule has 0 atom stereocenters. The van der Waals surface area contributed by atoms with Gasteiger partial charge in [0.25, 0.3) is 5.91 Å². The van der Waals surface area contributed by atoms with Crippen LogP contribution in [-0.2, 0) is 0 Å². The van der Waals surface area contributed by atoms with E-state index in [0.29, 0.717) is 30.6 Å². The molecule has 0 bridgehead atoms. The molecule has 3 N–H and O–H groups in total. The van der Waals surface area contributed by atoms with E-state index in [2.05, 4.69) is 21.2 Å². The highest BCUT2D eigenvalue weighted by atomic mass is 79.9. The maximum absolute atomic E-state index is 11.7. The lowest BCUT2D eigenvalue weighted by Crippen LogP contribution is -2.25. The molecule has 0 unspecified atom stereocenters. The minimum Gasteiger partial charge on any atom is -0.398 e. The summed E-state index contributed by atoms with van der Waals surface area (Å²) in [7, 11) is 0. The zero-order valence-corrected chi connectivity index (χ0v) is 10.3. The number of hydrogen-bond donors (Lipinski definition) is 2. The third-order valence-electron chi connectivity index (χ3n) is 2.01. The highest BCUT2D eigenvalue weighted by molar-refractivity contribution is 9.10. The Labute approximate surface area is 103 Å². The molecule has 0 heterocycles. The molecule has 0 aromatic heterocycles. The molecule has 0 radical (unpaired) electrons. The van der Waals surface area contributed by atoms with Gasteiger partial charge in [-0.1, -0.05) is 15.9 Å². The van der Waals surface area contributed by atoms with Crippen LogP contribution in [0, 0.1) is 11.3 Å². The third kappa shape index (κ3) is 3.55. The smallest absolute Gasteiger partial charge is 0.253 e. The molecule has 4 nitrogen and oxygen atoms in total. The summed E-state index contributed by atoms with van der Waals surface area (Å²) < 4.78 is 0.809. The fraction of sp³-hybridized carbons (Fsp3) is 0.273. The minimum atomic E-state index is -0.211. The first-order valence-electron chi connectivity index (χ1n) is 4.85. The molecule has 0 spiro atoms. The van der Waals surface area contributed by atoms with Crippen molar-refractivity contribution in [3.63, 3.8) is 0 Å². The van der Waals surface area contributed by atoms with Crippen LogP contribution in [0.2, 0.25) is 0 Å². The van der Waals surface area contributed by atoms with Crippen molar-refractivity contribution in [3.05, 3.63) is 28.2 Å². The van der Waals surface area contributed by atoms with Crippen LogP contribution in [0.4, 0.5) is 5.69 Å². The molecule has 84 valence electrons. The third-order valence-corrected chi connectivity index (χ3v) is 2.50. The lowest BCUT2D eigenvalue weighted by molar-refractivity contribution is 0.0954. The summed E-state index contributed by atoms with van der Waals surface area (Å²) in [5.41, 5.74) is 6.58. The molecule has 0 fully saturated rings. The summed E-state index contributed by atoms with van der Waals surface area (Å²) in [5.74, 6) is -0.211. The Morgan fingerprint density at radius 3 is 3.00 bits per heavy atom. The van der Waals surface area contributed by atoms with E-state index in [4.69, 9.17) is 11.0 Å². The van der Waals surface area contributed by atoms with Crippen LogP contribution in [0.5, 0.6) is 0 Å². The maximum Gasteiger partial charge on any atom is 0.253 e. The van der Waals surface area contributed by atoms with E-state index in [1.807, 2.05) is 6.07 Å². The van der Waals surface area contributed by atoms with Crippen LogP contribution >= 0.6 is 15.9 Å². The number of carbonyl (C=O) groups excluding carboxylic acids is 1. The Morgan fingerprint density at radius 2 is 2.31 bits per heavy atom. The van der Waals surface area contributed by atoms with Gasteiger partial charge in [-0.05, 0) is 24.6 Å². The molecule has 0 aliphatic carbocycles. The first-order chi connectivity index (χ1) is 7.65. The van der Waals surface area contributed by atoms with Gasteiger partial charge in [0.1, 0.15) is 0 Å². The standard InChI is InChI=1S/C11H12BrN3O/c12-8-3-4-10(14)9(7-8)11(16)15-6-2-1-5-13/h3-4,7H,1-2,6,14H2,(H,15,16). The molecule has 1 aromatic rings. The van der Waals surface area contributed by atoms with Crippen LogP contribution in [-0.4, -0.2) is 12.5 Å². The van der Waals surface area contributed by atoms with Crippen molar-refractivity contribution in [1.82, 2.24) is 5.32 Å². The van der Waals surface area contributed by atoms with Gasteiger partial charge in [0.05, 0.1) is 11.6 Å². The average Bonchev–Trinajstić information content (AvgIpc) is 2.27. The maximum atomic E-state index is 11.7. The van der Waals surface area contributed by atoms with Gasteiger partial charge in [-0.2, -0.15) is 5.26 Å². The van der Waals surface area contributed by atoms with Crippen molar-refractivity contribution in [2.45, 2.75) is 12.8 Å². The number of nitrogen functional groups attached to an aromatic ring is 1. The quantitative estimate of drug-likeness (QED) is 0.655. The zero-order valence-electron chi connectivity index (χ0n) is 8.66. The Hall–Kier alpha value is -1.54. The molecule has 1 aromatic carbocycles. The number of halogens is 1. The number of nitriles is 1. The van der Waals surface area contributed by atoms with Gasteiger partial charge in [-0.15, -0.1) is 0 Å². The number of carbonyl (C=O) groups is 1. The number of nitrogens with one attached hydrogen (secondary N) is 1. The van der Waals surface area contributed by atoms with Crippen molar-refractivity contribution >= 4 is 27.5 Å². The summed E-state index contributed by atoms with van der Waals surface area (Å²) in [5, 5.41) is 11.1. The van der Waals surface area contributed by atoms with Crippen molar-refractivity contribution in [3.8, 4) is 6.07 Å². The van der Waals surface area contributed by atoms with Crippen molar-refractivity contribution in [1.29, 1.82) is 5.26 Å². The van der Waals surface area contributed by atoms with Gasteiger partial charge < -0.3 is 11.1 Å². The number of amides is 1. The summed E-state index contributed by atoms with van der Waals surface area (Å²) >= 11 is 3.28. The van der Waals surface area contributed by atoms with Gasteiger partial charge in [-0.25, -0.2) is 0 Å². The van der Waals surface area contributed by atoms with E-state index in [1.54, 1.807) is 18.2 Å². The first kappa shape index (κ1) is 12.5. The second-order valence-electron chi connectivity index (χ2n) is 3.25. The predicted octanol–water partition coefficient (Wildman–Crippen LogP) is 2.06. The van der Waals surface area contributed by atoms with E-state index in [9.17, 15) is 4.79 Å². The largest absolute Gasteiger partial charge is 0.398 e. The molecule has 0 saturated carbocycles. The zero-order chi connectivity index (χ0) is 12.0. The molecule has 5 heteroatoms. The SMILES string of the molecule is N#CCCCNC(=O)c1cc(Br)ccc1N. The number of hydrogen-bond acceptors (Lipinski definition) is 3. The van der Waals surface area contributed by atoms with Gasteiger partial charge >= 0.3 is 0 Å². The molecule has 16 heavy (non-hydrogen) atoms. The van der Waals surface area contributed by atoms with Crippen molar-refractivity contribution < 1.29 is 4.79 Å².